The lowest BCUT2D eigenvalue weighted by Gasteiger charge is -2.28. The minimum atomic E-state index is -0.0654. The van der Waals surface area contributed by atoms with Gasteiger partial charge in [0.25, 0.3) is 0 Å². The van der Waals surface area contributed by atoms with Crippen molar-refractivity contribution in [2.75, 3.05) is 24.5 Å². The van der Waals surface area contributed by atoms with Gasteiger partial charge in [-0.1, -0.05) is 30.3 Å². The van der Waals surface area contributed by atoms with Gasteiger partial charge in [-0.3, -0.25) is 9.59 Å². The predicted octanol–water partition coefficient (Wildman–Crippen LogP) is 4.02. The number of anilines is 1. The van der Waals surface area contributed by atoms with Crippen molar-refractivity contribution in [3.05, 3.63) is 60.2 Å². The van der Waals surface area contributed by atoms with Crippen LogP contribution in [0.15, 0.2) is 54.6 Å². The summed E-state index contributed by atoms with van der Waals surface area (Å²) in [7, 11) is 0. The molecule has 1 fully saturated rings. The van der Waals surface area contributed by atoms with Crippen molar-refractivity contribution in [2.24, 2.45) is 0 Å². The number of carbonyl (C=O) groups is 2. The fourth-order valence-electron chi connectivity index (χ4n) is 3.44. The Labute approximate surface area is 166 Å². The Balaban J connectivity index is 1.55. The summed E-state index contributed by atoms with van der Waals surface area (Å²) in [6.07, 6.45) is 3.70. The molecule has 2 amide bonds. The van der Waals surface area contributed by atoms with Crippen LogP contribution < -0.4 is 9.64 Å². The molecule has 5 nitrogen and oxygen atoms in total. The van der Waals surface area contributed by atoms with Gasteiger partial charge in [0, 0.05) is 38.7 Å². The molecule has 0 bridgehead atoms. The molecule has 0 unspecified atom stereocenters. The molecule has 0 radical (unpaired) electrons. The SMILES string of the molecule is CC(=O)N(CCC(=O)N1CCCCC1)c1ccc(OCc2ccccc2)cc1. The number of hydrogen-bond donors (Lipinski definition) is 0. The van der Waals surface area contributed by atoms with E-state index in [1.165, 1.54) is 13.3 Å². The molecule has 0 spiro atoms. The van der Waals surface area contributed by atoms with Crippen LogP contribution in [-0.4, -0.2) is 36.3 Å². The summed E-state index contributed by atoms with van der Waals surface area (Å²) in [5.74, 6) is 0.818. The summed E-state index contributed by atoms with van der Waals surface area (Å²) in [6.45, 7) is 4.11. The van der Waals surface area contributed by atoms with Gasteiger partial charge < -0.3 is 14.5 Å². The molecular formula is C23H28N2O3. The largest absolute Gasteiger partial charge is 0.489 e. The lowest BCUT2D eigenvalue weighted by molar-refractivity contribution is -0.131. The predicted molar refractivity (Wildman–Crippen MR) is 110 cm³/mol. The third-order valence-corrected chi connectivity index (χ3v) is 5.03. The quantitative estimate of drug-likeness (QED) is 0.729. The lowest BCUT2D eigenvalue weighted by atomic mass is 10.1. The summed E-state index contributed by atoms with van der Waals surface area (Å²) in [6, 6.07) is 17.4. The van der Waals surface area contributed by atoms with Crippen LogP contribution in [0.1, 0.15) is 38.2 Å². The van der Waals surface area contributed by atoms with Gasteiger partial charge in [-0.25, -0.2) is 0 Å². The summed E-state index contributed by atoms with van der Waals surface area (Å²) >= 11 is 0. The first kappa shape index (κ1) is 19.9. The number of carbonyl (C=O) groups excluding carboxylic acids is 2. The Morgan fingerprint density at radius 3 is 2.29 bits per heavy atom. The number of amides is 2. The van der Waals surface area contributed by atoms with Crippen LogP contribution in [0.5, 0.6) is 5.75 Å². The molecule has 2 aromatic carbocycles. The third-order valence-electron chi connectivity index (χ3n) is 5.03. The second-order valence-corrected chi connectivity index (χ2v) is 7.13. The summed E-state index contributed by atoms with van der Waals surface area (Å²) in [4.78, 5) is 28.1. The van der Waals surface area contributed by atoms with E-state index in [1.54, 1.807) is 4.90 Å². The zero-order valence-electron chi connectivity index (χ0n) is 16.5. The average molecular weight is 380 g/mol. The number of benzene rings is 2. The molecule has 1 aliphatic heterocycles. The molecule has 5 heteroatoms. The monoisotopic (exact) mass is 380 g/mol. The Hall–Kier alpha value is -2.82. The van der Waals surface area contributed by atoms with E-state index in [0.29, 0.717) is 19.6 Å². The van der Waals surface area contributed by atoms with Gasteiger partial charge >= 0.3 is 0 Å². The molecule has 28 heavy (non-hydrogen) atoms. The Bertz CT molecular complexity index is 768. The minimum Gasteiger partial charge on any atom is -0.489 e. The highest BCUT2D eigenvalue weighted by atomic mass is 16.5. The Morgan fingerprint density at radius 2 is 1.64 bits per heavy atom. The molecule has 1 aliphatic rings. The number of rotatable bonds is 7. The van der Waals surface area contributed by atoms with Gasteiger partial charge in [0.1, 0.15) is 12.4 Å². The molecule has 1 saturated heterocycles. The molecule has 3 rings (SSSR count). The van der Waals surface area contributed by atoms with Crippen LogP contribution in [0.4, 0.5) is 5.69 Å². The van der Waals surface area contributed by atoms with Gasteiger partial charge in [-0.15, -0.1) is 0 Å². The van der Waals surface area contributed by atoms with Crippen molar-refractivity contribution >= 4 is 17.5 Å². The standard InChI is InChI=1S/C23H28N2O3/c1-19(26)25(17-14-23(27)24-15-6-3-7-16-24)21-10-12-22(13-11-21)28-18-20-8-4-2-5-9-20/h2,4-5,8-13H,3,6-7,14-18H2,1H3. The van der Waals surface area contributed by atoms with Crippen LogP contribution >= 0.6 is 0 Å². The summed E-state index contributed by atoms with van der Waals surface area (Å²) in [5, 5.41) is 0. The van der Waals surface area contributed by atoms with Gasteiger partial charge in [0.2, 0.25) is 11.8 Å². The second-order valence-electron chi connectivity index (χ2n) is 7.13. The molecule has 0 aromatic heterocycles. The first-order valence-electron chi connectivity index (χ1n) is 9.96. The highest BCUT2D eigenvalue weighted by Gasteiger charge is 2.19. The van der Waals surface area contributed by atoms with Gasteiger partial charge in [-0.05, 0) is 49.1 Å². The highest BCUT2D eigenvalue weighted by molar-refractivity contribution is 5.92. The van der Waals surface area contributed by atoms with Crippen LogP contribution in [0.2, 0.25) is 0 Å². The van der Waals surface area contributed by atoms with Crippen molar-refractivity contribution in [1.82, 2.24) is 4.90 Å². The first-order valence-corrected chi connectivity index (χ1v) is 9.96. The Kier molecular flexibility index (Phi) is 7.06. The number of piperidine rings is 1. The molecule has 0 saturated carbocycles. The van der Waals surface area contributed by atoms with Gasteiger partial charge in [0.05, 0.1) is 0 Å². The van der Waals surface area contributed by atoms with E-state index in [-0.39, 0.29) is 11.8 Å². The highest BCUT2D eigenvalue weighted by Crippen LogP contribution is 2.21. The van der Waals surface area contributed by atoms with E-state index in [9.17, 15) is 9.59 Å². The van der Waals surface area contributed by atoms with E-state index in [2.05, 4.69) is 0 Å². The fraction of sp³-hybridized carbons (Fsp3) is 0.391. The second kappa shape index (κ2) is 9.93. The van der Waals surface area contributed by atoms with Crippen molar-refractivity contribution in [2.45, 2.75) is 39.2 Å². The molecule has 0 atom stereocenters. The van der Waals surface area contributed by atoms with Crippen LogP contribution in [0.25, 0.3) is 0 Å². The zero-order valence-corrected chi connectivity index (χ0v) is 16.5. The number of nitrogens with zero attached hydrogens (tertiary/aromatic N) is 2. The van der Waals surface area contributed by atoms with Crippen molar-refractivity contribution in [3.63, 3.8) is 0 Å². The maximum absolute atomic E-state index is 12.4. The minimum absolute atomic E-state index is 0.0654. The van der Waals surface area contributed by atoms with Crippen LogP contribution in [0, 0.1) is 0 Å². The number of likely N-dealkylation sites (tertiary alicyclic amines) is 1. The summed E-state index contributed by atoms with van der Waals surface area (Å²) < 4.78 is 5.80. The van der Waals surface area contributed by atoms with Crippen LogP contribution in [-0.2, 0) is 16.2 Å². The molecule has 1 heterocycles. The fourth-order valence-corrected chi connectivity index (χ4v) is 3.44. The van der Waals surface area contributed by atoms with E-state index < -0.39 is 0 Å². The molecule has 148 valence electrons. The zero-order chi connectivity index (χ0) is 19.8. The maximum Gasteiger partial charge on any atom is 0.224 e. The van der Waals surface area contributed by atoms with E-state index in [0.717, 1.165) is 42.9 Å². The van der Waals surface area contributed by atoms with Crippen molar-refractivity contribution < 1.29 is 14.3 Å². The van der Waals surface area contributed by atoms with Crippen LogP contribution in [0.3, 0.4) is 0 Å². The van der Waals surface area contributed by atoms with E-state index >= 15 is 0 Å². The molecular weight excluding hydrogens is 352 g/mol. The van der Waals surface area contributed by atoms with Gasteiger partial charge in [0.15, 0.2) is 0 Å². The first-order chi connectivity index (χ1) is 13.6. The number of ether oxygens (including phenoxy) is 1. The van der Waals surface area contributed by atoms with Crippen molar-refractivity contribution in [3.8, 4) is 5.75 Å². The normalized spacial score (nSPS) is 13.8. The maximum atomic E-state index is 12.4. The molecule has 2 aromatic rings. The molecule has 0 N–H and O–H groups in total. The number of hydrogen-bond acceptors (Lipinski definition) is 3. The van der Waals surface area contributed by atoms with E-state index in [1.807, 2.05) is 59.5 Å². The van der Waals surface area contributed by atoms with E-state index in [4.69, 9.17) is 4.74 Å². The van der Waals surface area contributed by atoms with Crippen molar-refractivity contribution in [1.29, 1.82) is 0 Å². The lowest BCUT2D eigenvalue weighted by Crippen LogP contribution is -2.38. The molecule has 0 aliphatic carbocycles. The Morgan fingerprint density at radius 1 is 0.964 bits per heavy atom. The topological polar surface area (TPSA) is 49.9 Å². The third kappa shape index (κ3) is 5.59. The van der Waals surface area contributed by atoms with Gasteiger partial charge in [-0.2, -0.15) is 0 Å². The average Bonchev–Trinajstić information content (AvgIpc) is 2.74. The summed E-state index contributed by atoms with van der Waals surface area (Å²) in [5.41, 5.74) is 1.89. The smallest absolute Gasteiger partial charge is 0.224 e.